The van der Waals surface area contributed by atoms with E-state index < -0.39 is 17.6 Å². The molecule has 17 heavy (non-hydrogen) atoms. The lowest BCUT2D eigenvalue weighted by molar-refractivity contribution is -0.386. The number of hydrogen-bond acceptors (Lipinski definition) is 6. The molecule has 0 aliphatic heterocycles. The molecule has 94 valence electrons. The van der Waals surface area contributed by atoms with Crippen molar-refractivity contribution in [2.75, 3.05) is 20.8 Å². The van der Waals surface area contributed by atoms with Gasteiger partial charge in [-0.25, -0.2) is 0 Å². The number of aliphatic hydroxyl groups is 2. The summed E-state index contributed by atoms with van der Waals surface area (Å²) in [4.78, 5) is 10.2. The fourth-order valence-corrected chi connectivity index (χ4v) is 1.41. The van der Waals surface area contributed by atoms with Gasteiger partial charge >= 0.3 is 0 Å². The second kappa shape index (κ2) is 5.46. The van der Waals surface area contributed by atoms with Crippen LogP contribution in [-0.2, 0) is 0 Å². The normalized spacial score (nSPS) is 12.0. The Balaban J connectivity index is 3.40. The quantitative estimate of drug-likeness (QED) is 0.581. The van der Waals surface area contributed by atoms with Gasteiger partial charge in [-0.05, 0) is 6.07 Å². The first-order valence-electron chi connectivity index (χ1n) is 4.74. The monoisotopic (exact) mass is 243 g/mol. The largest absolute Gasteiger partial charge is 0.493 e. The zero-order chi connectivity index (χ0) is 13.0. The Kier molecular flexibility index (Phi) is 4.24. The molecule has 0 aliphatic rings. The molecule has 0 saturated carbocycles. The fourth-order valence-electron chi connectivity index (χ4n) is 1.41. The smallest absolute Gasteiger partial charge is 0.279 e. The predicted octanol–water partition coefficient (Wildman–Crippen LogP) is 0.638. The van der Waals surface area contributed by atoms with E-state index in [9.17, 15) is 15.2 Å². The Labute approximate surface area is 97.4 Å². The average molecular weight is 243 g/mol. The Bertz CT molecular complexity index is 420. The van der Waals surface area contributed by atoms with Crippen molar-refractivity contribution in [3.8, 4) is 11.5 Å². The van der Waals surface area contributed by atoms with Gasteiger partial charge in [0.05, 0.1) is 37.4 Å². The number of benzene rings is 1. The molecule has 1 atom stereocenters. The van der Waals surface area contributed by atoms with Gasteiger partial charge in [0.1, 0.15) is 6.10 Å². The summed E-state index contributed by atoms with van der Waals surface area (Å²) in [5.74, 6) is 0.439. The van der Waals surface area contributed by atoms with Gasteiger partial charge in [0.25, 0.3) is 5.69 Å². The van der Waals surface area contributed by atoms with Crippen molar-refractivity contribution in [2.24, 2.45) is 0 Å². The Hall–Kier alpha value is -1.86. The summed E-state index contributed by atoms with van der Waals surface area (Å²) in [5.41, 5.74) is -0.348. The molecule has 0 fully saturated rings. The van der Waals surface area contributed by atoms with Crippen LogP contribution in [0.5, 0.6) is 11.5 Å². The maximum atomic E-state index is 10.8. The Morgan fingerprint density at radius 2 is 1.88 bits per heavy atom. The maximum absolute atomic E-state index is 10.8. The highest BCUT2D eigenvalue weighted by Gasteiger charge is 2.23. The SMILES string of the molecule is COc1cc(C(O)CO)c([N+](=O)[O-])cc1OC. The van der Waals surface area contributed by atoms with Crippen LogP contribution in [0, 0.1) is 10.1 Å². The zero-order valence-corrected chi connectivity index (χ0v) is 9.41. The lowest BCUT2D eigenvalue weighted by atomic mass is 10.1. The molecule has 0 aliphatic carbocycles. The number of nitro groups is 1. The summed E-state index contributed by atoms with van der Waals surface area (Å²) in [7, 11) is 2.72. The van der Waals surface area contributed by atoms with Crippen LogP contribution in [0.1, 0.15) is 11.7 Å². The first-order valence-corrected chi connectivity index (χ1v) is 4.74. The van der Waals surface area contributed by atoms with E-state index in [-0.39, 0.29) is 22.7 Å². The Morgan fingerprint density at radius 1 is 1.35 bits per heavy atom. The molecule has 7 heteroatoms. The third-order valence-electron chi connectivity index (χ3n) is 2.26. The highest BCUT2D eigenvalue weighted by atomic mass is 16.6. The van der Waals surface area contributed by atoms with Gasteiger partial charge in [0.15, 0.2) is 11.5 Å². The highest BCUT2D eigenvalue weighted by molar-refractivity contribution is 5.55. The van der Waals surface area contributed by atoms with Crippen molar-refractivity contribution in [1.82, 2.24) is 0 Å². The molecule has 0 aromatic heterocycles. The van der Waals surface area contributed by atoms with Crippen LogP contribution in [0.2, 0.25) is 0 Å². The van der Waals surface area contributed by atoms with Crippen molar-refractivity contribution in [3.05, 3.63) is 27.8 Å². The summed E-state index contributed by atoms with van der Waals surface area (Å²) < 4.78 is 9.89. The number of methoxy groups -OCH3 is 2. The molecular formula is C10H13NO6. The molecule has 7 nitrogen and oxygen atoms in total. The molecule has 1 aromatic rings. The molecule has 0 amide bonds. The predicted molar refractivity (Wildman–Crippen MR) is 58.2 cm³/mol. The zero-order valence-electron chi connectivity index (χ0n) is 9.41. The van der Waals surface area contributed by atoms with Crippen molar-refractivity contribution in [3.63, 3.8) is 0 Å². The second-order valence-electron chi connectivity index (χ2n) is 3.22. The first kappa shape index (κ1) is 13.2. The summed E-state index contributed by atoms with van der Waals surface area (Å²) in [6.45, 7) is -0.615. The van der Waals surface area contributed by atoms with Crippen molar-refractivity contribution >= 4 is 5.69 Å². The molecule has 0 bridgehead atoms. The standard InChI is InChI=1S/C10H13NO6/c1-16-9-3-6(8(13)5-12)7(11(14)15)4-10(9)17-2/h3-4,8,12-13H,5H2,1-2H3. The van der Waals surface area contributed by atoms with E-state index in [2.05, 4.69) is 0 Å². The molecule has 0 spiro atoms. The van der Waals surface area contributed by atoms with Gasteiger partial charge in [-0.15, -0.1) is 0 Å². The van der Waals surface area contributed by atoms with Gasteiger partial charge in [-0.2, -0.15) is 0 Å². The minimum Gasteiger partial charge on any atom is -0.493 e. The molecule has 2 N–H and O–H groups in total. The summed E-state index contributed by atoms with van der Waals surface area (Å²) in [5, 5.41) is 29.2. The van der Waals surface area contributed by atoms with Crippen molar-refractivity contribution in [1.29, 1.82) is 0 Å². The molecule has 1 aromatic carbocycles. The number of hydrogen-bond donors (Lipinski definition) is 2. The minimum atomic E-state index is -1.34. The van der Waals surface area contributed by atoms with Gasteiger partial charge in [0.2, 0.25) is 0 Å². The van der Waals surface area contributed by atoms with E-state index >= 15 is 0 Å². The van der Waals surface area contributed by atoms with E-state index in [1.165, 1.54) is 20.3 Å². The van der Waals surface area contributed by atoms with Crippen LogP contribution < -0.4 is 9.47 Å². The van der Waals surface area contributed by atoms with Gasteiger partial charge in [-0.3, -0.25) is 10.1 Å². The third-order valence-corrected chi connectivity index (χ3v) is 2.26. The van der Waals surface area contributed by atoms with Crippen LogP contribution in [-0.4, -0.2) is 36.0 Å². The van der Waals surface area contributed by atoms with Crippen molar-refractivity contribution in [2.45, 2.75) is 6.10 Å². The van der Waals surface area contributed by atoms with Crippen LogP contribution in [0.4, 0.5) is 5.69 Å². The van der Waals surface area contributed by atoms with Crippen LogP contribution in [0.3, 0.4) is 0 Å². The third kappa shape index (κ3) is 2.63. The van der Waals surface area contributed by atoms with Gasteiger partial charge in [-0.1, -0.05) is 0 Å². The second-order valence-corrected chi connectivity index (χ2v) is 3.22. The first-order chi connectivity index (χ1) is 8.04. The lowest BCUT2D eigenvalue weighted by Gasteiger charge is -2.12. The van der Waals surface area contributed by atoms with E-state index in [1.54, 1.807) is 0 Å². The van der Waals surface area contributed by atoms with Crippen LogP contribution in [0.25, 0.3) is 0 Å². The molecule has 0 heterocycles. The maximum Gasteiger partial charge on any atom is 0.279 e. The number of nitrogens with zero attached hydrogens (tertiary/aromatic N) is 1. The average Bonchev–Trinajstić information content (AvgIpc) is 2.35. The topological polar surface area (TPSA) is 102 Å². The minimum absolute atomic E-state index is 0.0184. The number of aliphatic hydroxyl groups excluding tert-OH is 2. The van der Waals surface area contributed by atoms with Gasteiger partial charge < -0.3 is 19.7 Å². The molecule has 1 unspecified atom stereocenters. The van der Waals surface area contributed by atoms with Crippen LogP contribution in [0.15, 0.2) is 12.1 Å². The van der Waals surface area contributed by atoms with Gasteiger partial charge in [0, 0.05) is 0 Å². The fraction of sp³-hybridized carbons (Fsp3) is 0.400. The molecule has 0 saturated heterocycles. The lowest BCUT2D eigenvalue weighted by Crippen LogP contribution is -2.07. The molecule has 1 rings (SSSR count). The van der Waals surface area contributed by atoms with E-state index in [0.717, 1.165) is 6.07 Å². The molecule has 0 radical (unpaired) electrons. The Morgan fingerprint density at radius 3 is 2.29 bits per heavy atom. The highest BCUT2D eigenvalue weighted by Crippen LogP contribution is 2.37. The van der Waals surface area contributed by atoms with Crippen LogP contribution >= 0.6 is 0 Å². The van der Waals surface area contributed by atoms with E-state index in [4.69, 9.17) is 14.6 Å². The molecular weight excluding hydrogens is 230 g/mol. The number of nitro benzene ring substituents is 1. The summed E-state index contributed by atoms with van der Waals surface area (Å²) in [6.07, 6.45) is -1.34. The van der Waals surface area contributed by atoms with Crippen molar-refractivity contribution < 1.29 is 24.6 Å². The summed E-state index contributed by atoms with van der Waals surface area (Å²) >= 11 is 0. The number of rotatable bonds is 5. The number of ether oxygens (including phenoxy) is 2. The van der Waals surface area contributed by atoms with E-state index in [0.29, 0.717) is 0 Å². The summed E-state index contributed by atoms with van der Waals surface area (Å²) in [6, 6.07) is 2.42. The van der Waals surface area contributed by atoms with E-state index in [1.807, 2.05) is 0 Å².